The monoisotopic (exact) mass is 582 g/mol. The molecular weight excluding hydrogens is 549 g/mol. The van der Waals surface area contributed by atoms with E-state index in [1.54, 1.807) is 0 Å². The molecule has 2 fully saturated rings. The quantitative estimate of drug-likeness (QED) is 0.245. The average Bonchev–Trinajstić information content (AvgIpc) is 3.00. The lowest BCUT2D eigenvalue weighted by Gasteiger charge is -2.37. The lowest BCUT2D eigenvalue weighted by molar-refractivity contribution is -0.388. The van der Waals surface area contributed by atoms with Gasteiger partial charge in [0, 0.05) is 55.2 Å². The van der Waals surface area contributed by atoms with E-state index in [4.69, 9.17) is 4.74 Å². The van der Waals surface area contributed by atoms with E-state index in [-0.39, 0.29) is 30.3 Å². The topological polar surface area (TPSA) is 87.9 Å². The van der Waals surface area contributed by atoms with Gasteiger partial charge in [-0.1, -0.05) is 48.5 Å². The van der Waals surface area contributed by atoms with Crippen molar-refractivity contribution < 1.29 is 27.6 Å². The molecular formula is C31H33F3N4O4. The number of nitro groups is 1. The summed E-state index contributed by atoms with van der Waals surface area (Å²) in [5.74, 6) is -0.0446. The van der Waals surface area contributed by atoms with E-state index in [1.807, 2.05) is 35.2 Å². The summed E-state index contributed by atoms with van der Waals surface area (Å²) in [6, 6.07) is 21.4. The minimum absolute atomic E-state index is 0.000654. The minimum Gasteiger partial charge on any atom is -0.382 e. The Labute approximate surface area is 242 Å². The number of alkyl halides is 3. The second-order valence-corrected chi connectivity index (χ2v) is 10.7. The van der Waals surface area contributed by atoms with Crippen LogP contribution >= 0.6 is 0 Å². The summed E-state index contributed by atoms with van der Waals surface area (Å²) in [5.41, 5.74) is 1.44. The summed E-state index contributed by atoms with van der Waals surface area (Å²) < 4.78 is 45.8. The number of rotatable bonds is 8. The maximum atomic E-state index is 13.3. The predicted octanol–water partition coefficient (Wildman–Crippen LogP) is 6.37. The molecule has 1 aliphatic heterocycles. The van der Waals surface area contributed by atoms with Gasteiger partial charge in [-0.3, -0.25) is 14.9 Å². The van der Waals surface area contributed by atoms with E-state index in [1.165, 1.54) is 11.6 Å². The maximum Gasteiger partial charge on any atom is 0.423 e. The molecule has 0 radical (unpaired) electrons. The van der Waals surface area contributed by atoms with Crippen LogP contribution in [0.3, 0.4) is 0 Å². The van der Waals surface area contributed by atoms with Crippen molar-refractivity contribution in [3.63, 3.8) is 0 Å². The first-order chi connectivity index (χ1) is 20.2. The number of nitrogens with zero attached hydrogens (tertiary/aromatic N) is 3. The number of halogens is 3. The average molecular weight is 583 g/mol. The van der Waals surface area contributed by atoms with E-state index in [0.717, 1.165) is 36.5 Å². The molecule has 1 amide bonds. The molecule has 1 aliphatic carbocycles. The van der Waals surface area contributed by atoms with Crippen LogP contribution in [-0.4, -0.2) is 60.7 Å². The van der Waals surface area contributed by atoms with Gasteiger partial charge >= 0.3 is 6.18 Å². The lowest BCUT2D eigenvalue weighted by atomic mass is 9.92. The first kappa shape index (κ1) is 29.4. The van der Waals surface area contributed by atoms with Gasteiger partial charge in [-0.05, 0) is 49.4 Å². The fraction of sp³-hybridized carbons (Fsp3) is 0.387. The van der Waals surface area contributed by atoms with E-state index in [9.17, 15) is 28.1 Å². The Hall–Kier alpha value is -4.12. The third-order valence-corrected chi connectivity index (χ3v) is 7.95. The third kappa shape index (κ3) is 7.02. The Balaban J connectivity index is 1.07. The Morgan fingerprint density at radius 1 is 0.929 bits per heavy atom. The van der Waals surface area contributed by atoms with Crippen molar-refractivity contribution in [1.29, 1.82) is 0 Å². The summed E-state index contributed by atoms with van der Waals surface area (Å²) >= 11 is 0. The number of anilines is 2. The van der Waals surface area contributed by atoms with Gasteiger partial charge in [-0.25, -0.2) is 0 Å². The third-order valence-electron chi connectivity index (χ3n) is 7.95. The van der Waals surface area contributed by atoms with Gasteiger partial charge in [-0.15, -0.1) is 0 Å². The molecule has 2 aliphatic rings. The normalized spacial score (nSPS) is 19.4. The molecule has 3 aromatic rings. The van der Waals surface area contributed by atoms with Crippen LogP contribution in [0.15, 0.2) is 72.8 Å². The summed E-state index contributed by atoms with van der Waals surface area (Å²) in [7, 11) is 0. The summed E-state index contributed by atoms with van der Waals surface area (Å²) in [5, 5.41) is 14.1. The number of hydrogen-bond acceptors (Lipinski definition) is 6. The van der Waals surface area contributed by atoms with Crippen LogP contribution in [-0.2, 0) is 15.7 Å². The first-order valence-electron chi connectivity index (χ1n) is 14.1. The highest BCUT2D eigenvalue weighted by Crippen LogP contribution is 2.38. The van der Waals surface area contributed by atoms with Crippen molar-refractivity contribution in [2.24, 2.45) is 0 Å². The number of hydrogen-bond donors (Lipinski definition) is 1. The number of para-hydroxylation sites is 1. The van der Waals surface area contributed by atoms with Crippen LogP contribution in [0, 0.1) is 10.1 Å². The number of nitro benzene ring substituents is 1. The molecule has 8 nitrogen and oxygen atoms in total. The van der Waals surface area contributed by atoms with Crippen LogP contribution in [0.4, 0.5) is 30.2 Å². The van der Waals surface area contributed by atoms with Gasteiger partial charge in [0.2, 0.25) is 5.91 Å². The lowest BCUT2D eigenvalue weighted by Crippen LogP contribution is -2.50. The smallest absolute Gasteiger partial charge is 0.382 e. The fourth-order valence-electron chi connectivity index (χ4n) is 5.71. The SMILES string of the molecule is O=C(COC1CCC(Nc2ccc([N+](=O)[O-])c(C(F)(F)F)c2)CC1)N1CCN(c2ccccc2-c2ccccc2)CC1. The molecule has 0 bridgehead atoms. The van der Waals surface area contributed by atoms with Crippen molar-refractivity contribution in [2.75, 3.05) is 43.0 Å². The first-order valence-corrected chi connectivity index (χ1v) is 14.1. The standard InChI is InChI=1S/C31H33F3N4O4/c32-31(33,34)27-20-24(12-15-29(27)38(40)41)35-23-10-13-25(14-11-23)42-21-30(39)37-18-16-36(17-19-37)28-9-5-4-8-26(28)22-6-2-1-3-7-22/h1-9,12,15,20,23,25,35H,10-11,13-14,16-19,21H2. The number of carbonyl (C=O) groups excluding carboxylic acids is 1. The van der Waals surface area contributed by atoms with E-state index >= 15 is 0 Å². The van der Waals surface area contributed by atoms with Gasteiger partial charge in [-0.2, -0.15) is 13.2 Å². The molecule has 1 saturated carbocycles. The Morgan fingerprint density at radius 3 is 2.26 bits per heavy atom. The largest absolute Gasteiger partial charge is 0.423 e. The molecule has 1 N–H and O–H groups in total. The second kappa shape index (κ2) is 12.8. The molecule has 0 unspecified atom stereocenters. The second-order valence-electron chi connectivity index (χ2n) is 10.7. The van der Waals surface area contributed by atoms with Crippen LogP contribution in [0.1, 0.15) is 31.2 Å². The summed E-state index contributed by atoms with van der Waals surface area (Å²) in [6.07, 6.45) is -2.30. The number of amides is 1. The highest BCUT2D eigenvalue weighted by Gasteiger charge is 2.38. The summed E-state index contributed by atoms with van der Waals surface area (Å²) in [6.45, 7) is 2.67. The fourth-order valence-corrected chi connectivity index (χ4v) is 5.71. The van der Waals surface area contributed by atoms with Crippen LogP contribution in [0.5, 0.6) is 0 Å². The van der Waals surface area contributed by atoms with Crippen LogP contribution in [0.2, 0.25) is 0 Å². The van der Waals surface area contributed by atoms with Crippen LogP contribution in [0.25, 0.3) is 11.1 Å². The Bertz CT molecular complexity index is 1390. The number of ether oxygens (including phenoxy) is 1. The van der Waals surface area contributed by atoms with Gasteiger partial charge in [0.25, 0.3) is 5.69 Å². The minimum atomic E-state index is -4.82. The molecule has 0 atom stereocenters. The highest BCUT2D eigenvalue weighted by atomic mass is 19.4. The van der Waals surface area contributed by atoms with E-state index < -0.39 is 22.4 Å². The van der Waals surface area contributed by atoms with Gasteiger partial charge < -0.3 is 19.9 Å². The summed E-state index contributed by atoms with van der Waals surface area (Å²) in [4.78, 5) is 27.0. The van der Waals surface area contributed by atoms with Crippen molar-refractivity contribution >= 4 is 23.0 Å². The Kier molecular flexibility index (Phi) is 8.96. The van der Waals surface area contributed by atoms with Gasteiger partial charge in [0.1, 0.15) is 12.2 Å². The molecule has 11 heteroatoms. The van der Waals surface area contributed by atoms with Gasteiger partial charge in [0.05, 0.1) is 11.0 Å². The van der Waals surface area contributed by atoms with E-state index in [0.29, 0.717) is 38.8 Å². The number of piperazine rings is 1. The number of nitrogens with one attached hydrogen (secondary N) is 1. The molecule has 3 aromatic carbocycles. The molecule has 42 heavy (non-hydrogen) atoms. The molecule has 1 heterocycles. The molecule has 0 spiro atoms. The van der Waals surface area contributed by atoms with Crippen LogP contribution < -0.4 is 10.2 Å². The number of carbonyl (C=O) groups is 1. The molecule has 0 aromatic heterocycles. The maximum absolute atomic E-state index is 13.3. The van der Waals surface area contributed by atoms with Crippen molar-refractivity contribution in [3.8, 4) is 11.1 Å². The molecule has 222 valence electrons. The number of benzene rings is 3. The van der Waals surface area contributed by atoms with Crippen molar-refractivity contribution in [2.45, 2.75) is 44.0 Å². The zero-order valence-corrected chi connectivity index (χ0v) is 23.1. The molecule has 5 rings (SSSR count). The van der Waals surface area contributed by atoms with E-state index in [2.05, 4.69) is 34.5 Å². The predicted molar refractivity (Wildman–Crippen MR) is 154 cm³/mol. The molecule has 1 saturated heterocycles. The van der Waals surface area contributed by atoms with Crippen molar-refractivity contribution in [1.82, 2.24) is 4.90 Å². The van der Waals surface area contributed by atoms with Gasteiger partial charge in [0.15, 0.2) is 0 Å². The van der Waals surface area contributed by atoms with Crippen molar-refractivity contribution in [3.05, 3.63) is 88.5 Å². The highest BCUT2D eigenvalue weighted by molar-refractivity contribution is 5.80. The zero-order valence-electron chi connectivity index (χ0n) is 23.1. The zero-order chi connectivity index (χ0) is 29.7. The Morgan fingerprint density at radius 2 is 1.60 bits per heavy atom.